The molecule has 2 heterocycles. The summed E-state index contributed by atoms with van der Waals surface area (Å²) in [4.78, 5) is 25.7. The van der Waals surface area contributed by atoms with Crippen LogP contribution in [-0.2, 0) is 6.42 Å². The highest BCUT2D eigenvalue weighted by molar-refractivity contribution is 7.17. The van der Waals surface area contributed by atoms with Crippen LogP contribution in [-0.4, -0.2) is 22.7 Å². The van der Waals surface area contributed by atoms with Gasteiger partial charge in [0, 0.05) is 34.8 Å². The zero-order valence-corrected chi connectivity index (χ0v) is 18.8. The van der Waals surface area contributed by atoms with Crippen LogP contribution in [0.4, 0.5) is 10.1 Å². The number of halogens is 1. The SMILES string of the molecule is CC1(C)CC(=O)c2c(n(-c3cc(F)c(C=O)c(NC4CCCCC4)c3)c3sccc23)C1. The molecule has 0 aliphatic heterocycles. The molecule has 31 heavy (non-hydrogen) atoms. The number of Topliss-reactive ketones (excluding diaryl/α,β-unsaturated/α-hetero) is 1. The summed E-state index contributed by atoms with van der Waals surface area (Å²) in [6, 6.07) is 5.56. The zero-order valence-electron chi connectivity index (χ0n) is 18.0. The van der Waals surface area contributed by atoms with E-state index in [1.54, 1.807) is 11.3 Å². The first-order chi connectivity index (χ1) is 14.9. The van der Waals surface area contributed by atoms with Crippen LogP contribution in [0.15, 0.2) is 23.6 Å². The average Bonchev–Trinajstić information content (AvgIpc) is 3.27. The minimum Gasteiger partial charge on any atom is -0.382 e. The predicted molar refractivity (Wildman–Crippen MR) is 123 cm³/mol. The maximum Gasteiger partial charge on any atom is 0.165 e. The second kappa shape index (κ2) is 7.59. The lowest BCUT2D eigenvalue weighted by molar-refractivity contribution is 0.0912. The van der Waals surface area contributed by atoms with Gasteiger partial charge in [-0.3, -0.25) is 9.59 Å². The van der Waals surface area contributed by atoms with Gasteiger partial charge in [0.2, 0.25) is 0 Å². The summed E-state index contributed by atoms with van der Waals surface area (Å²) in [6.45, 7) is 4.21. The number of fused-ring (bicyclic) bond motifs is 3. The Labute approximate surface area is 185 Å². The van der Waals surface area contributed by atoms with E-state index in [2.05, 4.69) is 19.2 Å². The Morgan fingerprint density at radius 3 is 2.71 bits per heavy atom. The summed E-state index contributed by atoms with van der Waals surface area (Å²) < 4.78 is 17.1. The predicted octanol–water partition coefficient (Wildman–Crippen LogP) is 6.54. The summed E-state index contributed by atoms with van der Waals surface area (Å²) in [5.41, 5.74) is 2.87. The number of carbonyl (C=O) groups is 2. The first kappa shape index (κ1) is 20.4. The van der Waals surface area contributed by atoms with E-state index in [9.17, 15) is 9.59 Å². The number of carbonyl (C=O) groups excluding carboxylic acids is 2. The molecule has 5 rings (SSSR count). The number of aromatic nitrogens is 1. The number of anilines is 1. The molecule has 2 aromatic heterocycles. The number of hydrogen-bond acceptors (Lipinski definition) is 4. The van der Waals surface area contributed by atoms with Crippen molar-refractivity contribution in [2.75, 3.05) is 5.32 Å². The van der Waals surface area contributed by atoms with Crippen molar-refractivity contribution in [3.8, 4) is 5.69 Å². The Balaban J connectivity index is 1.68. The Bertz CT molecular complexity index is 1180. The first-order valence-corrected chi connectivity index (χ1v) is 12.0. The van der Waals surface area contributed by atoms with Gasteiger partial charge >= 0.3 is 0 Å². The van der Waals surface area contributed by atoms with Gasteiger partial charge in [0.05, 0.1) is 11.3 Å². The van der Waals surface area contributed by atoms with E-state index in [1.165, 1.54) is 12.5 Å². The monoisotopic (exact) mass is 438 g/mol. The van der Waals surface area contributed by atoms with Gasteiger partial charge in [-0.15, -0.1) is 11.3 Å². The van der Waals surface area contributed by atoms with Gasteiger partial charge in [0.15, 0.2) is 12.1 Å². The van der Waals surface area contributed by atoms with Gasteiger partial charge < -0.3 is 9.88 Å². The third-order valence-electron chi connectivity index (χ3n) is 6.69. The third kappa shape index (κ3) is 3.51. The van der Waals surface area contributed by atoms with Crippen LogP contribution in [0.3, 0.4) is 0 Å². The van der Waals surface area contributed by atoms with Gasteiger partial charge in [-0.25, -0.2) is 4.39 Å². The highest BCUT2D eigenvalue weighted by atomic mass is 32.1. The summed E-state index contributed by atoms with van der Waals surface area (Å²) in [6.07, 6.45) is 7.44. The minimum atomic E-state index is -0.528. The minimum absolute atomic E-state index is 0.0779. The molecule has 0 atom stereocenters. The van der Waals surface area contributed by atoms with Crippen LogP contribution in [0.5, 0.6) is 0 Å². The van der Waals surface area contributed by atoms with E-state index in [-0.39, 0.29) is 22.8 Å². The number of benzene rings is 1. The fourth-order valence-corrected chi connectivity index (χ4v) is 6.23. The third-order valence-corrected chi connectivity index (χ3v) is 7.59. The largest absolute Gasteiger partial charge is 0.382 e. The Hall–Kier alpha value is -2.47. The van der Waals surface area contributed by atoms with E-state index in [1.807, 2.05) is 22.1 Å². The molecule has 2 aliphatic rings. The number of aldehydes is 1. The number of hydrogen-bond donors (Lipinski definition) is 1. The second-order valence-electron chi connectivity index (χ2n) is 9.72. The van der Waals surface area contributed by atoms with Crippen molar-refractivity contribution in [3.63, 3.8) is 0 Å². The van der Waals surface area contributed by atoms with Crippen LogP contribution in [0, 0.1) is 11.2 Å². The fourth-order valence-electron chi connectivity index (χ4n) is 5.28. The highest BCUT2D eigenvalue weighted by Crippen LogP contribution is 2.43. The lowest BCUT2D eigenvalue weighted by Crippen LogP contribution is -2.28. The molecular weight excluding hydrogens is 411 g/mol. The van der Waals surface area contributed by atoms with Crippen LogP contribution >= 0.6 is 11.3 Å². The maximum atomic E-state index is 15.1. The Morgan fingerprint density at radius 2 is 1.97 bits per heavy atom. The van der Waals surface area contributed by atoms with Gasteiger partial charge in [0.25, 0.3) is 0 Å². The molecule has 4 nitrogen and oxygen atoms in total. The number of ketones is 1. The molecular formula is C25H27FN2O2S. The molecule has 1 N–H and O–H groups in total. The molecule has 2 aliphatic carbocycles. The second-order valence-corrected chi connectivity index (χ2v) is 10.6. The molecule has 1 aromatic carbocycles. The molecule has 0 unspecified atom stereocenters. The van der Waals surface area contributed by atoms with Gasteiger partial charge in [-0.2, -0.15) is 0 Å². The number of nitrogens with one attached hydrogen (secondary N) is 1. The Morgan fingerprint density at radius 1 is 1.19 bits per heavy atom. The lowest BCUT2D eigenvalue weighted by Gasteiger charge is -2.30. The fraction of sp³-hybridized carbons (Fsp3) is 0.440. The van der Waals surface area contributed by atoms with Crippen LogP contribution in [0.2, 0.25) is 0 Å². The maximum absolute atomic E-state index is 15.1. The molecule has 0 saturated heterocycles. The molecule has 0 bridgehead atoms. The molecule has 6 heteroatoms. The number of rotatable bonds is 4. The van der Waals surface area contributed by atoms with E-state index in [0.717, 1.165) is 53.6 Å². The molecule has 3 aromatic rings. The summed E-state index contributed by atoms with van der Waals surface area (Å²) in [5.74, 6) is -0.377. The molecule has 1 fully saturated rings. The van der Waals surface area contributed by atoms with Gasteiger partial charge in [-0.05, 0) is 48.3 Å². The van der Waals surface area contributed by atoms with Crippen molar-refractivity contribution in [1.82, 2.24) is 4.57 Å². The van der Waals surface area contributed by atoms with Crippen molar-refractivity contribution in [2.24, 2.45) is 5.41 Å². The van der Waals surface area contributed by atoms with Crippen molar-refractivity contribution in [2.45, 2.75) is 64.8 Å². The average molecular weight is 439 g/mol. The topological polar surface area (TPSA) is 51.1 Å². The summed E-state index contributed by atoms with van der Waals surface area (Å²) >= 11 is 1.56. The summed E-state index contributed by atoms with van der Waals surface area (Å²) in [7, 11) is 0. The quantitative estimate of drug-likeness (QED) is 0.470. The van der Waals surface area contributed by atoms with Crippen LogP contribution < -0.4 is 5.32 Å². The van der Waals surface area contributed by atoms with E-state index in [0.29, 0.717) is 24.1 Å². The first-order valence-electron chi connectivity index (χ1n) is 11.1. The normalized spacial score (nSPS) is 18.9. The van der Waals surface area contributed by atoms with E-state index >= 15 is 4.39 Å². The molecule has 0 amide bonds. The molecule has 0 radical (unpaired) electrons. The highest BCUT2D eigenvalue weighted by Gasteiger charge is 2.36. The number of nitrogens with zero attached hydrogens (tertiary/aromatic N) is 1. The van der Waals surface area contributed by atoms with Crippen molar-refractivity contribution < 1.29 is 14.0 Å². The van der Waals surface area contributed by atoms with Crippen molar-refractivity contribution >= 4 is 39.3 Å². The van der Waals surface area contributed by atoms with Crippen LogP contribution in [0.25, 0.3) is 15.9 Å². The zero-order chi connectivity index (χ0) is 21.8. The van der Waals surface area contributed by atoms with E-state index in [4.69, 9.17) is 0 Å². The van der Waals surface area contributed by atoms with Crippen molar-refractivity contribution in [1.29, 1.82) is 0 Å². The van der Waals surface area contributed by atoms with Crippen LogP contribution in [0.1, 0.15) is 78.8 Å². The lowest BCUT2D eigenvalue weighted by atomic mass is 9.76. The number of thiophene rings is 1. The van der Waals surface area contributed by atoms with Gasteiger partial charge in [-0.1, -0.05) is 33.1 Å². The Kier molecular flexibility index (Phi) is 5.00. The van der Waals surface area contributed by atoms with Crippen molar-refractivity contribution in [3.05, 3.63) is 46.2 Å². The smallest absolute Gasteiger partial charge is 0.165 e. The van der Waals surface area contributed by atoms with Gasteiger partial charge in [0.1, 0.15) is 10.6 Å². The molecule has 0 spiro atoms. The molecule has 1 saturated carbocycles. The standard InChI is InChI=1S/C25H27FN2O2S/c1-25(2)12-21-23(22(30)13-25)17-8-9-31-24(17)28(21)16-10-19(26)18(14-29)20(11-16)27-15-6-4-3-5-7-15/h8-11,14-15,27H,3-7,12-13H2,1-2H3. The summed E-state index contributed by atoms with van der Waals surface area (Å²) in [5, 5.41) is 6.37. The molecule has 162 valence electrons. The van der Waals surface area contributed by atoms with E-state index < -0.39 is 5.82 Å².